The first-order chi connectivity index (χ1) is 14.8. The average Bonchev–Trinajstić information content (AvgIpc) is 3.57. The number of thioether (sulfide) groups is 1. The van der Waals surface area contributed by atoms with Gasteiger partial charge in [-0.05, 0) is 35.7 Å². The number of hydrogen-bond donors (Lipinski definition) is 0. The third-order valence-electron chi connectivity index (χ3n) is 4.48. The first kappa shape index (κ1) is 18.8. The minimum absolute atomic E-state index is 0.130. The predicted molar refractivity (Wildman–Crippen MR) is 112 cm³/mol. The number of carbonyl (C=O) groups is 1. The fourth-order valence-electron chi connectivity index (χ4n) is 3.10. The molecule has 5 rings (SSSR count). The number of furan rings is 1. The molecule has 1 atom stereocenters. The van der Waals surface area contributed by atoms with Gasteiger partial charge in [0.15, 0.2) is 0 Å². The zero-order valence-corrected chi connectivity index (χ0v) is 17.2. The Kier molecular flexibility index (Phi) is 5.16. The Balaban J connectivity index is 1.31. The molecule has 4 aromatic heterocycles. The highest BCUT2D eigenvalue weighted by atomic mass is 32.2. The van der Waals surface area contributed by atoms with Gasteiger partial charge in [-0.15, -0.1) is 21.5 Å². The number of hydrazone groups is 1. The highest BCUT2D eigenvalue weighted by Gasteiger charge is 2.34. The first-order valence-electron chi connectivity index (χ1n) is 9.11. The third-order valence-corrected chi connectivity index (χ3v) is 6.25. The van der Waals surface area contributed by atoms with Gasteiger partial charge in [-0.2, -0.15) is 5.10 Å². The number of hydrogen-bond acceptors (Lipinski definition) is 9. The molecule has 0 radical (unpaired) electrons. The molecule has 0 saturated carbocycles. The molecule has 10 heteroatoms. The van der Waals surface area contributed by atoms with Crippen molar-refractivity contribution in [2.75, 3.05) is 5.75 Å². The number of thiophene rings is 1. The maximum absolute atomic E-state index is 13.0. The van der Waals surface area contributed by atoms with E-state index in [4.69, 9.17) is 8.83 Å². The first-order valence-corrected chi connectivity index (χ1v) is 11.0. The molecule has 30 heavy (non-hydrogen) atoms. The van der Waals surface area contributed by atoms with Gasteiger partial charge in [-0.1, -0.05) is 17.8 Å². The molecule has 8 nitrogen and oxygen atoms in total. The molecule has 0 bridgehead atoms. The van der Waals surface area contributed by atoms with Crippen LogP contribution in [-0.4, -0.2) is 37.6 Å². The Bertz CT molecular complexity index is 1160. The van der Waals surface area contributed by atoms with E-state index in [1.165, 1.54) is 16.8 Å². The molecule has 4 aromatic rings. The lowest BCUT2D eigenvalue weighted by atomic mass is 10.1. The van der Waals surface area contributed by atoms with Crippen molar-refractivity contribution in [1.82, 2.24) is 20.2 Å². The van der Waals surface area contributed by atoms with Crippen molar-refractivity contribution in [3.05, 3.63) is 71.1 Å². The maximum Gasteiger partial charge on any atom is 0.277 e. The molecular weight excluding hydrogens is 422 g/mol. The SMILES string of the molecule is O=C(CSc1nnc(-c2cccnc2)o1)N1N=C(c2ccco2)CC1c1cccs1. The van der Waals surface area contributed by atoms with Crippen molar-refractivity contribution >= 4 is 34.7 Å². The second kappa shape index (κ2) is 8.25. The number of rotatable bonds is 6. The van der Waals surface area contributed by atoms with Crippen molar-refractivity contribution in [3.63, 3.8) is 0 Å². The summed E-state index contributed by atoms with van der Waals surface area (Å²) < 4.78 is 11.1. The molecule has 0 spiro atoms. The number of pyridine rings is 1. The zero-order valence-electron chi connectivity index (χ0n) is 15.5. The summed E-state index contributed by atoms with van der Waals surface area (Å²) in [6.45, 7) is 0. The van der Waals surface area contributed by atoms with Crippen molar-refractivity contribution in [2.45, 2.75) is 17.7 Å². The van der Waals surface area contributed by atoms with Gasteiger partial charge in [0.2, 0.25) is 5.89 Å². The Hall–Kier alpha value is -3.24. The molecule has 1 aliphatic heterocycles. The van der Waals surface area contributed by atoms with Crippen LogP contribution in [0.5, 0.6) is 0 Å². The van der Waals surface area contributed by atoms with E-state index in [0.717, 1.165) is 16.2 Å². The van der Waals surface area contributed by atoms with Crippen LogP contribution in [0.15, 0.2) is 79.6 Å². The summed E-state index contributed by atoms with van der Waals surface area (Å²) in [5, 5.41) is 16.5. The normalized spacial score (nSPS) is 16.1. The van der Waals surface area contributed by atoms with Crippen LogP contribution in [0.1, 0.15) is 23.1 Å². The summed E-state index contributed by atoms with van der Waals surface area (Å²) >= 11 is 2.79. The van der Waals surface area contributed by atoms with Crippen molar-refractivity contribution in [1.29, 1.82) is 0 Å². The fourth-order valence-corrected chi connectivity index (χ4v) is 4.53. The average molecular weight is 438 g/mol. The van der Waals surface area contributed by atoms with Crippen molar-refractivity contribution in [3.8, 4) is 11.5 Å². The zero-order chi connectivity index (χ0) is 20.3. The predicted octanol–water partition coefficient (Wildman–Crippen LogP) is 4.26. The summed E-state index contributed by atoms with van der Waals surface area (Å²) in [5.41, 5.74) is 1.49. The summed E-state index contributed by atoms with van der Waals surface area (Å²) in [7, 11) is 0. The van der Waals surface area contributed by atoms with Crippen LogP contribution >= 0.6 is 23.1 Å². The number of nitrogens with zero attached hydrogens (tertiary/aromatic N) is 5. The van der Waals surface area contributed by atoms with E-state index in [0.29, 0.717) is 23.3 Å². The van der Waals surface area contributed by atoms with E-state index in [-0.39, 0.29) is 17.7 Å². The van der Waals surface area contributed by atoms with Crippen molar-refractivity contribution in [2.24, 2.45) is 5.10 Å². The van der Waals surface area contributed by atoms with Gasteiger partial charge in [-0.25, -0.2) is 5.01 Å². The monoisotopic (exact) mass is 437 g/mol. The van der Waals surface area contributed by atoms with Crippen LogP contribution in [0.25, 0.3) is 11.5 Å². The van der Waals surface area contributed by atoms with Crippen LogP contribution in [0.2, 0.25) is 0 Å². The van der Waals surface area contributed by atoms with E-state index < -0.39 is 0 Å². The van der Waals surface area contributed by atoms with Crippen LogP contribution in [-0.2, 0) is 4.79 Å². The Morgan fingerprint density at radius 1 is 1.23 bits per heavy atom. The van der Waals surface area contributed by atoms with E-state index in [1.807, 2.05) is 35.7 Å². The van der Waals surface area contributed by atoms with E-state index in [2.05, 4.69) is 20.3 Å². The second-order valence-corrected chi connectivity index (χ2v) is 8.31. The van der Waals surface area contributed by atoms with Gasteiger partial charge in [0, 0.05) is 23.7 Å². The largest absolute Gasteiger partial charge is 0.463 e. The molecule has 1 aliphatic rings. The molecule has 5 heterocycles. The van der Waals surface area contributed by atoms with E-state index >= 15 is 0 Å². The second-order valence-electron chi connectivity index (χ2n) is 6.40. The van der Waals surface area contributed by atoms with E-state index in [9.17, 15) is 4.79 Å². The summed E-state index contributed by atoms with van der Waals surface area (Å²) in [6.07, 6.45) is 5.53. The topological polar surface area (TPSA) is 97.6 Å². The quantitative estimate of drug-likeness (QED) is 0.416. The van der Waals surface area contributed by atoms with Crippen LogP contribution in [0.3, 0.4) is 0 Å². The Morgan fingerprint density at radius 2 is 2.20 bits per heavy atom. The van der Waals surface area contributed by atoms with Crippen molar-refractivity contribution < 1.29 is 13.6 Å². The van der Waals surface area contributed by atoms with Gasteiger partial charge in [0.25, 0.3) is 11.1 Å². The fraction of sp³-hybridized carbons (Fsp3) is 0.150. The number of carbonyl (C=O) groups excluding carboxylic acids is 1. The molecule has 0 aliphatic carbocycles. The van der Waals surface area contributed by atoms with Gasteiger partial charge in [0.1, 0.15) is 11.5 Å². The van der Waals surface area contributed by atoms with Gasteiger partial charge in [-0.3, -0.25) is 9.78 Å². The van der Waals surface area contributed by atoms with Gasteiger partial charge in [0.05, 0.1) is 23.6 Å². The third kappa shape index (κ3) is 3.79. The minimum Gasteiger partial charge on any atom is -0.463 e. The molecule has 1 unspecified atom stereocenters. The smallest absolute Gasteiger partial charge is 0.277 e. The van der Waals surface area contributed by atoms with Crippen LogP contribution in [0, 0.1) is 0 Å². The lowest BCUT2D eigenvalue weighted by Crippen LogP contribution is -2.28. The number of amides is 1. The molecule has 1 amide bonds. The summed E-state index contributed by atoms with van der Waals surface area (Å²) in [6, 6.07) is 11.1. The summed E-state index contributed by atoms with van der Waals surface area (Å²) in [4.78, 5) is 18.1. The molecule has 0 N–H and O–H groups in total. The minimum atomic E-state index is -0.146. The Morgan fingerprint density at radius 3 is 2.97 bits per heavy atom. The molecule has 0 aromatic carbocycles. The van der Waals surface area contributed by atoms with Gasteiger partial charge < -0.3 is 8.83 Å². The van der Waals surface area contributed by atoms with Crippen LogP contribution in [0.4, 0.5) is 0 Å². The van der Waals surface area contributed by atoms with Crippen LogP contribution < -0.4 is 0 Å². The lowest BCUT2D eigenvalue weighted by molar-refractivity contribution is -0.130. The standard InChI is InChI=1S/C20H15N5O3S2/c26-18(12-30-20-23-22-19(28-20)13-4-1-7-21-11-13)25-15(17-6-3-9-29-17)10-14(24-25)16-5-2-8-27-16/h1-9,11,15H,10,12H2. The molecular formula is C20H15N5O3S2. The highest BCUT2D eigenvalue weighted by Crippen LogP contribution is 2.36. The summed E-state index contributed by atoms with van der Waals surface area (Å²) in [5.74, 6) is 1.04. The van der Waals surface area contributed by atoms with E-state index in [1.54, 1.807) is 36.1 Å². The molecule has 0 fully saturated rings. The molecule has 0 saturated heterocycles. The lowest BCUT2D eigenvalue weighted by Gasteiger charge is -2.20. The highest BCUT2D eigenvalue weighted by molar-refractivity contribution is 7.99. The number of aromatic nitrogens is 3. The van der Waals surface area contributed by atoms with Gasteiger partial charge >= 0.3 is 0 Å². The molecule has 150 valence electrons. The Labute approximate surface area is 179 Å². The maximum atomic E-state index is 13.0.